The van der Waals surface area contributed by atoms with Crippen molar-refractivity contribution < 1.29 is 27.9 Å². The van der Waals surface area contributed by atoms with Crippen molar-refractivity contribution in [3.63, 3.8) is 0 Å². The summed E-state index contributed by atoms with van der Waals surface area (Å²) in [6.07, 6.45) is 4.08. The second-order valence-electron chi connectivity index (χ2n) is 6.26. The fraction of sp³-hybridized carbons (Fsp3) is 0.857. The summed E-state index contributed by atoms with van der Waals surface area (Å²) in [7, 11) is -3.40. The van der Waals surface area contributed by atoms with E-state index in [1.54, 1.807) is 0 Å². The van der Waals surface area contributed by atoms with Gasteiger partial charge in [-0.3, -0.25) is 4.79 Å². The van der Waals surface area contributed by atoms with Crippen molar-refractivity contribution in [3.05, 3.63) is 0 Å². The van der Waals surface area contributed by atoms with Crippen molar-refractivity contribution in [3.8, 4) is 0 Å². The Morgan fingerprint density at radius 3 is 2.68 bits per heavy atom. The molecule has 7 nitrogen and oxygen atoms in total. The maximum Gasteiger partial charge on any atom is 0.327 e. The van der Waals surface area contributed by atoms with E-state index in [2.05, 4.69) is 6.92 Å². The van der Waals surface area contributed by atoms with Crippen LogP contribution in [-0.2, 0) is 24.2 Å². The summed E-state index contributed by atoms with van der Waals surface area (Å²) in [5, 5.41) is 9.14. The van der Waals surface area contributed by atoms with Crippen molar-refractivity contribution in [1.82, 2.24) is 4.90 Å². The van der Waals surface area contributed by atoms with Gasteiger partial charge in [0.05, 0.1) is 17.6 Å². The Morgan fingerprint density at radius 1 is 1.32 bits per heavy atom. The molecule has 2 rings (SSSR count). The molecule has 2 aliphatic rings. The second-order valence-corrected chi connectivity index (χ2v) is 8.49. The number of carboxylic acid groups (broad SMARTS) is 1. The molecule has 1 saturated heterocycles. The SMILES string of the molecule is CC1CCCC(OCC(=O)N2CCS(=O)(=O)CC2C(=O)O)C1. The Balaban J connectivity index is 1.91. The van der Waals surface area contributed by atoms with Crippen molar-refractivity contribution >= 4 is 21.7 Å². The van der Waals surface area contributed by atoms with Gasteiger partial charge in [-0.25, -0.2) is 13.2 Å². The minimum Gasteiger partial charge on any atom is -0.480 e. The molecule has 1 heterocycles. The number of rotatable bonds is 4. The van der Waals surface area contributed by atoms with Gasteiger partial charge in [0.15, 0.2) is 9.84 Å². The number of hydrogen-bond donors (Lipinski definition) is 1. The number of ether oxygens (including phenoxy) is 1. The summed E-state index contributed by atoms with van der Waals surface area (Å²) >= 11 is 0. The summed E-state index contributed by atoms with van der Waals surface area (Å²) in [6, 6.07) is -1.31. The van der Waals surface area contributed by atoms with Crippen LogP contribution >= 0.6 is 0 Å². The van der Waals surface area contributed by atoms with E-state index >= 15 is 0 Å². The van der Waals surface area contributed by atoms with E-state index in [4.69, 9.17) is 9.84 Å². The first-order valence-corrected chi connectivity index (χ1v) is 9.45. The summed E-state index contributed by atoms with van der Waals surface area (Å²) in [5.74, 6) is -1.87. The van der Waals surface area contributed by atoms with Gasteiger partial charge in [-0.2, -0.15) is 0 Å². The Hall–Kier alpha value is -1.15. The minimum absolute atomic E-state index is 0.0319. The van der Waals surface area contributed by atoms with Crippen molar-refractivity contribution in [2.24, 2.45) is 5.92 Å². The van der Waals surface area contributed by atoms with Crippen LogP contribution in [0.3, 0.4) is 0 Å². The van der Waals surface area contributed by atoms with Gasteiger partial charge >= 0.3 is 5.97 Å². The number of nitrogens with zero attached hydrogens (tertiary/aromatic N) is 1. The molecule has 3 unspecified atom stereocenters. The number of aliphatic carboxylic acids is 1. The Bertz CT molecular complexity index is 531. The van der Waals surface area contributed by atoms with Crippen LogP contribution in [0.15, 0.2) is 0 Å². The maximum atomic E-state index is 12.2. The fourth-order valence-corrected chi connectivity index (χ4v) is 4.56. The third-order valence-electron chi connectivity index (χ3n) is 4.37. The number of carbonyl (C=O) groups excluding carboxylic acids is 1. The molecule has 126 valence electrons. The van der Waals surface area contributed by atoms with Crippen molar-refractivity contribution in [2.75, 3.05) is 24.7 Å². The molecule has 0 radical (unpaired) electrons. The molecule has 1 aliphatic heterocycles. The van der Waals surface area contributed by atoms with Crippen LogP contribution in [0.25, 0.3) is 0 Å². The van der Waals surface area contributed by atoms with Crippen LogP contribution in [0.2, 0.25) is 0 Å². The molecule has 0 aromatic carbocycles. The number of amides is 1. The first kappa shape index (κ1) is 17.2. The van der Waals surface area contributed by atoms with Crippen molar-refractivity contribution in [2.45, 2.75) is 44.8 Å². The highest BCUT2D eigenvalue weighted by Gasteiger charge is 2.38. The topological polar surface area (TPSA) is 101 Å². The lowest BCUT2D eigenvalue weighted by Crippen LogP contribution is -2.55. The van der Waals surface area contributed by atoms with Gasteiger partial charge in [0, 0.05) is 6.54 Å². The molecule has 1 N–H and O–H groups in total. The molecule has 2 fully saturated rings. The molecule has 0 aromatic heterocycles. The molecule has 3 atom stereocenters. The van der Waals surface area contributed by atoms with Gasteiger partial charge in [0.25, 0.3) is 0 Å². The van der Waals surface area contributed by atoms with E-state index in [1.165, 1.54) is 6.42 Å². The van der Waals surface area contributed by atoms with Crippen LogP contribution in [0, 0.1) is 5.92 Å². The minimum atomic E-state index is -3.40. The van der Waals surface area contributed by atoms with E-state index in [0.29, 0.717) is 5.92 Å². The lowest BCUT2D eigenvalue weighted by atomic mass is 9.89. The van der Waals surface area contributed by atoms with Gasteiger partial charge in [-0.1, -0.05) is 19.8 Å². The van der Waals surface area contributed by atoms with E-state index in [9.17, 15) is 18.0 Å². The summed E-state index contributed by atoms with van der Waals surface area (Å²) in [6.45, 7) is 1.89. The summed E-state index contributed by atoms with van der Waals surface area (Å²) in [5.41, 5.74) is 0. The lowest BCUT2D eigenvalue weighted by molar-refractivity contribution is -0.152. The van der Waals surface area contributed by atoms with Crippen LogP contribution in [0.5, 0.6) is 0 Å². The Kier molecular flexibility index (Phi) is 5.44. The summed E-state index contributed by atoms with van der Waals surface area (Å²) < 4.78 is 28.7. The van der Waals surface area contributed by atoms with Gasteiger partial charge in [0.2, 0.25) is 5.91 Å². The fourth-order valence-electron chi connectivity index (χ4n) is 3.11. The molecular formula is C14H23NO6S. The molecule has 22 heavy (non-hydrogen) atoms. The van der Waals surface area contributed by atoms with E-state index in [-0.39, 0.29) is 25.0 Å². The Labute approximate surface area is 130 Å². The average molecular weight is 333 g/mol. The first-order valence-electron chi connectivity index (χ1n) is 7.63. The predicted molar refractivity (Wildman–Crippen MR) is 79.2 cm³/mol. The van der Waals surface area contributed by atoms with Gasteiger partial charge in [-0.15, -0.1) is 0 Å². The predicted octanol–water partition coefficient (Wildman–Crippen LogP) is 0.292. The zero-order chi connectivity index (χ0) is 16.3. The smallest absolute Gasteiger partial charge is 0.327 e. The lowest BCUT2D eigenvalue weighted by Gasteiger charge is -2.33. The number of carboxylic acids is 1. The highest BCUT2D eigenvalue weighted by atomic mass is 32.2. The molecule has 8 heteroatoms. The number of sulfone groups is 1. The standard InChI is InChI=1S/C14H23NO6S/c1-10-3-2-4-11(7-10)21-8-13(16)15-5-6-22(19,20)9-12(15)14(17)18/h10-12H,2-9H2,1H3,(H,17,18). The highest BCUT2D eigenvalue weighted by molar-refractivity contribution is 7.91. The maximum absolute atomic E-state index is 12.2. The van der Waals surface area contributed by atoms with Crippen LogP contribution < -0.4 is 0 Å². The number of carbonyl (C=O) groups is 2. The van der Waals surface area contributed by atoms with Crippen molar-refractivity contribution in [1.29, 1.82) is 0 Å². The third kappa shape index (κ3) is 4.42. The normalized spacial score (nSPS) is 31.7. The molecule has 0 aromatic rings. The monoisotopic (exact) mass is 333 g/mol. The summed E-state index contributed by atoms with van der Waals surface area (Å²) in [4.78, 5) is 24.5. The molecule has 1 amide bonds. The molecule has 1 saturated carbocycles. The highest BCUT2D eigenvalue weighted by Crippen LogP contribution is 2.25. The molecule has 0 spiro atoms. The number of hydrogen-bond acceptors (Lipinski definition) is 5. The average Bonchev–Trinajstić information content (AvgIpc) is 2.44. The molecule has 1 aliphatic carbocycles. The quantitative estimate of drug-likeness (QED) is 0.794. The Morgan fingerprint density at radius 2 is 2.05 bits per heavy atom. The van der Waals surface area contributed by atoms with E-state index in [1.807, 2.05) is 0 Å². The zero-order valence-corrected chi connectivity index (χ0v) is 13.5. The van der Waals surface area contributed by atoms with Gasteiger partial charge in [0.1, 0.15) is 12.6 Å². The van der Waals surface area contributed by atoms with Crippen LogP contribution in [0.4, 0.5) is 0 Å². The van der Waals surface area contributed by atoms with Crippen LogP contribution in [0.1, 0.15) is 32.6 Å². The van der Waals surface area contributed by atoms with E-state index < -0.39 is 33.5 Å². The zero-order valence-electron chi connectivity index (χ0n) is 12.7. The molecule has 0 bridgehead atoms. The van der Waals surface area contributed by atoms with Gasteiger partial charge < -0.3 is 14.7 Å². The van der Waals surface area contributed by atoms with Gasteiger partial charge in [-0.05, 0) is 18.8 Å². The first-order chi connectivity index (χ1) is 10.3. The van der Waals surface area contributed by atoms with Crippen LogP contribution in [-0.4, -0.2) is 67.1 Å². The van der Waals surface area contributed by atoms with E-state index in [0.717, 1.165) is 24.2 Å². The largest absolute Gasteiger partial charge is 0.480 e. The third-order valence-corrected chi connectivity index (χ3v) is 6.00. The molecular weight excluding hydrogens is 310 g/mol. The second kappa shape index (κ2) is 6.95.